The van der Waals surface area contributed by atoms with Gasteiger partial charge >= 0.3 is 0 Å². The molecule has 0 saturated heterocycles. The molecule has 1 aliphatic rings. The number of hydrogen-bond acceptors (Lipinski definition) is 3. The van der Waals surface area contributed by atoms with Crippen LogP contribution in [0.15, 0.2) is 23.1 Å². The van der Waals surface area contributed by atoms with Gasteiger partial charge in [-0.3, -0.25) is 9.59 Å². The number of nitrogens with zero attached hydrogens (tertiary/aromatic N) is 1. The second kappa shape index (κ2) is 5.21. The molecule has 0 amide bonds. The van der Waals surface area contributed by atoms with Gasteiger partial charge in [-0.15, -0.1) is 0 Å². The fourth-order valence-corrected chi connectivity index (χ4v) is 3.50. The first-order valence-corrected chi connectivity index (χ1v) is 7.68. The van der Waals surface area contributed by atoms with Crippen molar-refractivity contribution in [2.24, 2.45) is 0 Å². The number of carbonyl (C=O) groups excluding carboxylic acids is 1. The number of halogens is 2. The monoisotopic (exact) mass is 336 g/mol. The minimum Gasteiger partial charge on any atom is -0.352 e. The highest BCUT2D eigenvalue weighted by molar-refractivity contribution is 6.29. The van der Waals surface area contributed by atoms with E-state index in [-0.39, 0.29) is 16.4 Å². The first-order valence-electron chi connectivity index (χ1n) is 6.92. The molecular formula is C16H14Cl2N2O2. The summed E-state index contributed by atoms with van der Waals surface area (Å²) in [6, 6.07) is 2.98. The Labute approximate surface area is 137 Å². The summed E-state index contributed by atoms with van der Waals surface area (Å²) in [6.07, 6.45) is 2.64. The van der Waals surface area contributed by atoms with Crippen molar-refractivity contribution in [1.29, 1.82) is 0 Å². The summed E-state index contributed by atoms with van der Waals surface area (Å²) in [5.74, 6) is -0.0942. The van der Waals surface area contributed by atoms with Gasteiger partial charge in [0.2, 0.25) is 0 Å². The molecule has 0 bridgehead atoms. The second-order valence-corrected chi connectivity index (χ2v) is 6.60. The molecule has 1 atom stereocenters. The quantitative estimate of drug-likeness (QED) is 0.811. The van der Waals surface area contributed by atoms with Crippen molar-refractivity contribution in [2.45, 2.75) is 32.1 Å². The van der Waals surface area contributed by atoms with Crippen LogP contribution >= 0.6 is 23.2 Å². The van der Waals surface area contributed by atoms with Crippen LogP contribution in [0.5, 0.6) is 0 Å². The van der Waals surface area contributed by atoms with Crippen LogP contribution in [0, 0.1) is 6.92 Å². The zero-order valence-corrected chi connectivity index (χ0v) is 13.7. The fraction of sp³-hybridized carbons (Fsp3) is 0.312. The molecule has 0 spiro atoms. The highest BCUT2D eigenvalue weighted by Crippen LogP contribution is 2.38. The van der Waals surface area contributed by atoms with E-state index in [0.717, 1.165) is 5.56 Å². The van der Waals surface area contributed by atoms with Crippen LogP contribution in [0.4, 0.5) is 0 Å². The van der Waals surface area contributed by atoms with E-state index in [1.54, 1.807) is 13.0 Å². The molecule has 6 heteroatoms. The van der Waals surface area contributed by atoms with E-state index < -0.39 is 5.41 Å². The Morgan fingerprint density at radius 3 is 2.68 bits per heavy atom. The molecule has 22 heavy (non-hydrogen) atoms. The number of Topliss-reactive ketones (excluding diaryl/α,β-unsaturated/α-hetero) is 1. The number of aromatic nitrogens is 2. The lowest BCUT2D eigenvalue weighted by Gasteiger charge is -2.33. The molecule has 0 saturated carbocycles. The van der Waals surface area contributed by atoms with Gasteiger partial charge in [-0.1, -0.05) is 23.2 Å². The first kappa shape index (κ1) is 15.3. The molecule has 0 aliphatic heterocycles. The van der Waals surface area contributed by atoms with E-state index in [2.05, 4.69) is 9.97 Å². The maximum absolute atomic E-state index is 13.0. The summed E-state index contributed by atoms with van der Waals surface area (Å²) in [7, 11) is 0. The van der Waals surface area contributed by atoms with Crippen molar-refractivity contribution >= 4 is 29.0 Å². The summed E-state index contributed by atoms with van der Waals surface area (Å²) in [5.41, 5.74) is 1.39. The van der Waals surface area contributed by atoms with Crippen molar-refractivity contribution in [3.63, 3.8) is 0 Å². The van der Waals surface area contributed by atoms with E-state index in [4.69, 9.17) is 23.2 Å². The van der Waals surface area contributed by atoms with Crippen molar-refractivity contribution in [3.8, 4) is 0 Å². The third-order valence-corrected chi connectivity index (χ3v) is 4.73. The summed E-state index contributed by atoms with van der Waals surface area (Å²) in [5, 5.41) is 0.641. The maximum Gasteiger partial charge on any atom is 0.187 e. The number of rotatable bonds is 1. The van der Waals surface area contributed by atoms with E-state index in [0.29, 0.717) is 34.8 Å². The lowest BCUT2D eigenvalue weighted by Crippen LogP contribution is -2.41. The second-order valence-electron chi connectivity index (χ2n) is 5.80. The lowest BCUT2D eigenvalue weighted by atomic mass is 9.68. The Morgan fingerprint density at radius 1 is 1.27 bits per heavy atom. The maximum atomic E-state index is 13.0. The summed E-state index contributed by atoms with van der Waals surface area (Å²) >= 11 is 11.8. The number of hydrogen-bond donors (Lipinski definition) is 1. The minimum absolute atomic E-state index is 0.0942. The molecule has 0 fully saturated rings. The van der Waals surface area contributed by atoms with Crippen molar-refractivity contribution in [2.75, 3.05) is 0 Å². The van der Waals surface area contributed by atoms with Gasteiger partial charge in [0.05, 0.1) is 11.1 Å². The number of aryl methyl sites for hydroxylation is 2. The predicted octanol–water partition coefficient (Wildman–Crippen LogP) is 3.47. The molecule has 2 aromatic heterocycles. The Kier molecular flexibility index (Phi) is 3.62. The van der Waals surface area contributed by atoms with Crippen LogP contribution in [0.1, 0.15) is 40.5 Å². The molecule has 3 rings (SSSR count). The van der Waals surface area contributed by atoms with Gasteiger partial charge in [-0.25, -0.2) is 4.98 Å². The minimum atomic E-state index is -0.883. The summed E-state index contributed by atoms with van der Waals surface area (Å²) in [4.78, 5) is 32.4. The third kappa shape index (κ3) is 2.27. The molecular weight excluding hydrogens is 323 g/mol. The predicted molar refractivity (Wildman–Crippen MR) is 86.1 cm³/mol. The van der Waals surface area contributed by atoms with Crippen LogP contribution < -0.4 is 5.43 Å². The smallest absolute Gasteiger partial charge is 0.187 e. The normalized spacial score (nSPS) is 20.8. The van der Waals surface area contributed by atoms with Crippen molar-refractivity contribution < 1.29 is 4.79 Å². The van der Waals surface area contributed by atoms with Gasteiger partial charge in [0, 0.05) is 23.4 Å². The molecule has 2 aromatic rings. The number of aromatic amines is 1. The molecule has 0 aromatic carbocycles. The van der Waals surface area contributed by atoms with Gasteiger partial charge in [-0.2, -0.15) is 0 Å². The van der Waals surface area contributed by atoms with Gasteiger partial charge in [0.15, 0.2) is 11.2 Å². The molecule has 1 aliphatic carbocycles. The molecule has 4 nitrogen and oxygen atoms in total. The van der Waals surface area contributed by atoms with Crippen LogP contribution in [-0.2, 0) is 11.8 Å². The van der Waals surface area contributed by atoms with Gasteiger partial charge in [-0.05, 0) is 38.3 Å². The number of ketones is 1. The van der Waals surface area contributed by atoms with E-state index in [9.17, 15) is 9.59 Å². The zero-order valence-electron chi connectivity index (χ0n) is 12.2. The highest BCUT2D eigenvalue weighted by atomic mass is 35.5. The summed E-state index contributed by atoms with van der Waals surface area (Å²) in [6.45, 7) is 3.63. The standard InChI is InChI=1S/C16H14Cl2N2O2/c1-8-5-13(18)20-10-3-4-16(2,15(22)14(8)10)9-7-19-12(17)6-11(9)21/h5-7H,3-4H2,1-2H3,(H,19,21). The molecule has 1 N–H and O–H groups in total. The third-order valence-electron chi connectivity index (χ3n) is 4.32. The topological polar surface area (TPSA) is 62.8 Å². The van der Waals surface area contributed by atoms with Gasteiger partial charge < -0.3 is 4.98 Å². The molecule has 1 unspecified atom stereocenters. The Bertz CT molecular complexity index is 845. The van der Waals surface area contributed by atoms with Crippen LogP contribution in [-0.4, -0.2) is 15.8 Å². The highest BCUT2D eigenvalue weighted by Gasteiger charge is 2.42. The average molecular weight is 337 g/mol. The number of H-pyrrole nitrogens is 1. The lowest BCUT2D eigenvalue weighted by molar-refractivity contribution is 0.0872. The van der Waals surface area contributed by atoms with Gasteiger partial charge in [0.25, 0.3) is 0 Å². The fourth-order valence-electron chi connectivity index (χ4n) is 3.08. The first-order chi connectivity index (χ1) is 10.3. The Morgan fingerprint density at radius 2 is 2.00 bits per heavy atom. The Hall–Kier alpha value is -1.65. The average Bonchev–Trinajstić information content (AvgIpc) is 2.42. The molecule has 0 radical (unpaired) electrons. The summed E-state index contributed by atoms with van der Waals surface area (Å²) < 4.78 is 0. The van der Waals surface area contributed by atoms with Gasteiger partial charge in [0.1, 0.15) is 10.3 Å². The molecule has 2 heterocycles. The number of pyridine rings is 2. The van der Waals surface area contributed by atoms with E-state index >= 15 is 0 Å². The SMILES string of the molecule is Cc1cc(Cl)nc2c1C(=O)C(C)(c1c[nH]c(Cl)cc1=O)CC2. The molecule has 114 valence electrons. The van der Waals surface area contributed by atoms with Crippen LogP contribution in [0.2, 0.25) is 10.3 Å². The van der Waals surface area contributed by atoms with Crippen LogP contribution in [0.25, 0.3) is 0 Å². The number of carbonyl (C=O) groups is 1. The van der Waals surface area contributed by atoms with Crippen molar-refractivity contribution in [1.82, 2.24) is 9.97 Å². The Balaban J connectivity index is 2.18. The van der Waals surface area contributed by atoms with Crippen molar-refractivity contribution in [3.05, 3.63) is 61.2 Å². The zero-order chi connectivity index (χ0) is 16.1. The number of fused-ring (bicyclic) bond motifs is 1. The van der Waals surface area contributed by atoms with E-state index in [1.165, 1.54) is 12.3 Å². The van der Waals surface area contributed by atoms with E-state index in [1.807, 2.05) is 6.92 Å². The van der Waals surface area contributed by atoms with Crippen LogP contribution in [0.3, 0.4) is 0 Å². The largest absolute Gasteiger partial charge is 0.352 e. The number of nitrogens with one attached hydrogen (secondary N) is 1.